The number of hydrogen-bond donors (Lipinski definition) is 2. The van der Waals surface area contributed by atoms with Crippen LogP contribution in [0, 0.1) is 5.92 Å². The summed E-state index contributed by atoms with van der Waals surface area (Å²) in [5.74, 6) is 0.507. The Bertz CT molecular complexity index is 230. The van der Waals surface area contributed by atoms with Crippen LogP contribution in [-0.4, -0.2) is 18.6 Å². The summed E-state index contributed by atoms with van der Waals surface area (Å²) >= 11 is 0. The molecule has 0 aromatic carbocycles. The Kier molecular flexibility index (Phi) is 1.41. The van der Waals surface area contributed by atoms with Crippen LogP contribution in [0.2, 0.25) is 0 Å². The smallest absolute Gasteiger partial charge is 0.0571 e. The summed E-state index contributed by atoms with van der Waals surface area (Å²) in [4.78, 5) is 0. The molecule has 2 unspecified atom stereocenters. The second-order valence-corrected chi connectivity index (χ2v) is 3.51. The van der Waals surface area contributed by atoms with Crippen molar-refractivity contribution in [1.82, 2.24) is 5.32 Å². The van der Waals surface area contributed by atoms with Crippen LogP contribution in [0.3, 0.4) is 0 Å². The van der Waals surface area contributed by atoms with Crippen molar-refractivity contribution in [2.75, 3.05) is 13.1 Å². The van der Waals surface area contributed by atoms with Gasteiger partial charge in [0.05, 0.1) is 5.54 Å². The van der Waals surface area contributed by atoms with E-state index in [9.17, 15) is 0 Å². The molecule has 2 rings (SSSR count). The summed E-state index contributed by atoms with van der Waals surface area (Å²) in [6, 6.07) is 0. The molecule has 0 bridgehead atoms. The van der Waals surface area contributed by atoms with Gasteiger partial charge in [-0.25, -0.2) is 0 Å². The lowest BCUT2D eigenvalue weighted by atomic mass is 9.79. The average molecular weight is 150 g/mol. The highest BCUT2D eigenvalue weighted by molar-refractivity contribution is 5.34. The molecule has 0 aromatic rings. The maximum absolute atomic E-state index is 6.23. The molecule has 11 heavy (non-hydrogen) atoms. The van der Waals surface area contributed by atoms with E-state index in [1.54, 1.807) is 0 Å². The van der Waals surface area contributed by atoms with Gasteiger partial charge in [0.25, 0.3) is 0 Å². The van der Waals surface area contributed by atoms with E-state index in [0.29, 0.717) is 5.92 Å². The Morgan fingerprint density at radius 3 is 3.27 bits per heavy atom. The minimum atomic E-state index is -0.0885. The number of hydrogen-bond acceptors (Lipinski definition) is 2. The van der Waals surface area contributed by atoms with Crippen LogP contribution in [0.5, 0.6) is 0 Å². The predicted octanol–water partition coefficient (Wildman–Crippen LogP) is 0.419. The van der Waals surface area contributed by atoms with Crippen LogP contribution < -0.4 is 11.1 Å². The van der Waals surface area contributed by atoms with E-state index in [1.807, 2.05) is 0 Å². The number of allylic oxidation sites excluding steroid dienone is 2. The molecule has 1 aliphatic carbocycles. The molecule has 2 nitrogen and oxygen atoms in total. The Labute approximate surface area is 67.2 Å². The molecule has 60 valence electrons. The van der Waals surface area contributed by atoms with Gasteiger partial charge in [-0.1, -0.05) is 23.8 Å². The highest BCUT2D eigenvalue weighted by atomic mass is 15.0. The van der Waals surface area contributed by atoms with E-state index in [0.717, 1.165) is 13.1 Å². The van der Waals surface area contributed by atoms with Crippen LogP contribution in [-0.2, 0) is 0 Å². The monoisotopic (exact) mass is 150 g/mol. The van der Waals surface area contributed by atoms with Gasteiger partial charge in [0, 0.05) is 19.0 Å². The largest absolute Gasteiger partial charge is 0.320 e. The topological polar surface area (TPSA) is 38.0 Å². The molecule has 1 heterocycles. The van der Waals surface area contributed by atoms with Gasteiger partial charge in [0.15, 0.2) is 0 Å². The zero-order chi connectivity index (χ0) is 7.90. The van der Waals surface area contributed by atoms with Crippen molar-refractivity contribution in [3.8, 4) is 0 Å². The molecule has 1 aliphatic heterocycles. The van der Waals surface area contributed by atoms with E-state index in [4.69, 9.17) is 5.73 Å². The molecular formula is C9H14N2. The first-order valence-electron chi connectivity index (χ1n) is 4.08. The fourth-order valence-corrected chi connectivity index (χ4v) is 1.91. The Hall–Kier alpha value is -0.600. The molecule has 2 heteroatoms. The number of nitrogens with two attached hydrogens (primary N) is 1. The van der Waals surface area contributed by atoms with Crippen LogP contribution in [0.4, 0.5) is 0 Å². The lowest BCUT2D eigenvalue weighted by Gasteiger charge is -2.31. The Balaban J connectivity index is 2.37. The minimum Gasteiger partial charge on any atom is -0.320 e. The fraction of sp³-hybridized carbons (Fsp3) is 0.556. The first-order valence-corrected chi connectivity index (χ1v) is 4.08. The van der Waals surface area contributed by atoms with Gasteiger partial charge in [0.1, 0.15) is 0 Å². The van der Waals surface area contributed by atoms with Gasteiger partial charge in [-0.15, -0.1) is 0 Å². The van der Waals surface area contributed by atoms with Crippen molar-refractivity contribution in [2.45, 2.75) is 12.5 Å². The fourth-order valence-electron chi connectivity index (χ4n) is 1.91. The Morgan fingerprint density at radius 1 is 1.73 bits per heavy atom. The van der Waals surface area contributed by atoms with Crippen LogP contribution >= 0.6 is 0 Å². The lowest BCUT2D eigenvalue weighted by Crippen LogP contribution is -2.48. The molecule has 0 spiro atoms. The van der Waals surface area contributed by atoms with Crippen LogP contribution in [0.25, 0.3) is 0 Å². The van der Waals surface area contributed by atoms with Gasteiger partial charge in [-0.3, -0.25) is 0 Å². The van der Waals surface area contributed by atoms with E-state index in [2.05, 4.69) is 30.5 Å². The van der Waals surface area contributed by atoms with Crippen molar-refractivity contribution in [3.63, 3.8) is 0 Å². The van der Waals surface area contributed by atoms with Crippen molar-refractivity contribution in [1.29, 1.82) is 0 Å². The summed E-state index contributed by atoms with van der Waals surface area (Å²) in [5, 5.41) is 3.32. The van der Waals surface area contributed by atoms with Gasteiger partial charge in [-0.2, -0.15) is 0 Å². The van der Waals surface area contributed by atoms with Gasteiger partial charge in [0.2, 0.25) is 0 Å². The van der Waals surface area contributed by atoms with Crippen LogP contribution in [0.1, 0.15) is 6.92 Å². The molecule has 0 aromatic heterocycles. The van der Waals surface area contributed by atoms with Gasteiger partial charge < -0.3 is 11.1 Å². The van der Waals surface area contributed by atoms with Crippen molar-refractivity contribution in [3.05, 3.63) is 23.8 Å². The first-order chi connectivity index (χ1) is 5.23. The van der Waals surface area contributed by atoms with Crippen molar-refractivity contribution < 1.29 is 0 Å². The highest BCUT2D eigenvalue weighted by Crippen LogP contribution is 2.30. The molecule has 1 saturated heterocycles. The highest BCUT2D eigenvalue weighted by Gasteiger charge is 2.40. The van der Waals surface area contributed by atoms with E-state index in [1.165, 1.54) is 5.57 Å². The molecule has 3 N–H and O–H groups in total. The zero-order valence-corrected chi connectivity index (χ0v) is 6.80. The molecular weight excluding hydrogens is 136 g/mol. The molecule has 2 aliphatic rings. The Morgan fingerprint density at radius 2 is 2.55 bits per heavy atom. The summed E-state index contributed by atoms with van der Waals surface area (Å²) in [7, 11) is 0. The predicted molar refractivity (Wildman–Crippen MR) is 46.2 cm³/mol. The molecule has 1 fully saturated rings. The zero-order valence-electron chi connectivity index (χ0n) is 6.80. The normalized spacial score (nSPS) is 42.0. The van der Waals surface area contributed by atoms with Gasteiger partial charge >= 0.3 is 0 Å². The third-order valence-corrected chi connectivity index (χ3v) is 2.87. The van der Waals surface area contributed by atoms with Crippen molar-refractivity contribution in [2.24, 2.45) is 11.7 Å². The quantitative estimate of drug-likeness (QED) is 0.525. The van der Waals surface area contributed by atoms with E-state index >= 15 is 0 Å². The SMILES string of the molecule is CC1=CC=CC2CNCC12N. The lowest BCUT2D eigenvalue weighted by molar-refractivity contribution is 0.460. The minimum absolute atomic E-state index is 0.0885. The first kappa shape index (κ1) is 7.07. The standard InChI is InChI=1S/C9H14N2/c1-7-3-2-4-8-5-11-6-9(7,8)10/h2-4,8,11H,5-6,10H2,1H3. The maximum Gasteiger partial charge on any atom is 0.0571 e. The molecule has 0 radical (unpaired) electrons. The van der Waals surface area contributed by atoms with E-state index < -0.39 is 0 Å². The third-order valence-electron chi connectivity index (χ3n) is 2.87. The number of rotatable bonds is 0. The van der Waals surface area contributed by atoms with E-state index in [-0.39, 0.29) is 5.54 Å². The molecule has 0 amide bonds. The second kappa shape index (κ2) is 2.19. The van der Waals surface area contributed by atoms with Crippen LogP contribution in [0.15, 0.2) is 23.8 Å². The summed E-state index contributed by atoms with van der Waals surface area (Å²) in [5.41, 5.74) is 7.44. The summed E-state index contributed by atoms with van der Waals surface area (Å²) in [6.07, 6.45) is 6.43. The summed E-state index contributed by atoms with van der Waals surface area (Å²) < 4.78 is 0. The number of nitrogens with one attached hydrogen (secondary N) is 1. The maximum atomic E-state index is 6.23. The van der Waals surface area contributed by atoms with Crippen molar-refractivity contribution >= 4 is 0 Å². The third kappa shape index (κ3) is 0.865. The second-order valence-electron chi connectivity index (χ2n) is 3.51. The van der Waals surface area contributed by atoms with Gasteiger partial charge in [-0.05, 0) is 6.92 Å². The average Bonchev–Trinajstić information content (AvgIpc) is 2.34. The molecule has 2 atom stereocenters. The number of fused-ring (bicyclic) bond motifs is 1. The summed E-state index contributed by atoms with van der Waals surface area (Å²) in [6.45, 7) is 4.06. The molecule has 0 saturated carbocycles.